The minimum atomic E-state index is -1.53. The van der Waals surface area contributed by atoms with Crippen molar-refractivity contribution >= 4 is 40.5 Å². The molecule has 8 heteroatoms. The molecule has 1 amide bonds. The number of amides is 1. The van der Waals surface area contributed by atoms with E-state index in [1.807, 2.05) is 0 Å². The van der Waals surface area contributed by atoms with E-state index < -0.39 is 23.2 Å². The summed E-state index contributed by atoms with van der Waals surface area (Å²) in [7, 11) is 0. The van der Waals surface area contributed by atoms with Gasteiger partial charge in [0.25, 0.3) is 0 Å². The van der Waals surface area contributed by atoms with Gasteiger partial charge in [-0.1, -0.05) is 5.16 Å². The number of nitrogen functional groups attached to an aromatic ring is 1. The Hall–Kier alpha value is -2.74. The van der Waals surface area contributed by atoms with Crippen molar-refractivity contribution in [2.45, 2.75) is 26.4 Å². The van der Waals surface area contributed by atoms with E-state index in [9.17, 15) is 14.4 Å². The zero-order valence-corrected chi connectivity index (χ0v) is 13.7. The lowest BCUT2D eigenvalue weighted by atomic mass is 9.85. The number of nitrogens with two attached hydrogens (primary N) is 1. The minimum absolute atomic E-state index is 0.191. The largest absolute Gasteiger partial charge is 0.380 e. The molecular weight excluding hydrogens is 314 g/mol. The molecule has 128 valence electrons. The minimum Gasteiger partial charge on any atom is -0.380 e. The first-order chi connectivity index (χ1) is 11.3. The van der Waals surface area contributed by atoms with Gasteiger partial charge in [-0.25, -0.2) is 0 Å². The second-order valence-corrected chi connectivity index (χ2v) is 5.48. The van der Waals surface area contributed by atoms with Gasteiger partial charge in [0.1, 0.15) is 17.8 Å². The van der Waals surface area contributed by atoms with E-state index in [2.05, 4.69) is 10.5 Å². The summed E-state index contributed by atoms with van der Waals surface area (Å²) >= 11 is 0. The van der Waals surface area contributed by atoms with Gasteiger partial charge in [0, 0.05) is 18.4 Å². The number of Topliss-reactive ketones (excluding diaryl/α,β-unsaturated/α-hetero) is 1. The second-order valence-electron chi connectivity index (χ2n) is 5.48. The van der Waals surface area contributed by atoms with Crippen LogP contribution in [-0.4, -0.2) is 35.3 Å². The standard InChI is InChI=1S/C16H19N3O5/c1-4-23-16(3,9(2)21)12(8-20)15(22)18-10-5-6-11-13(7-10)24-19-14(11)17/h5-8,12H,4H2,1-3H3,(H2,17,19)(H,18,22)/t12-,16?/m0/s1. The number of ether oxygens (including phenoxy) is 1. The van der Waals surface area contributed by atoms with Crippen molar-refractivity contribution in [2.75, 3.05) is 17.7 Å². The van der Waals surface area contributed by atoms with Crippen LogP contribution in [0.15, 0.2) is 22.7 Å². The Kier molecular flexibility index (Phi) is 4.99. The molecular formula is C16H19N3O5. The highest BCUT2D eigenvalue weighted by Crippen LogP contribution is 2.26. The van der Waals surface area contributed by atoms with Gasteiger partial charge in [-0.2, -0.15) is 0 Å². The Balaban J connectivity index is 2.27. The van der Waals surface area contributed by atoms with Gasteiger partial charge in [-0.05, 0) is 32.9 Å². The number of ketones is 1. The predicted molar refractivity (Wildman–Crippen MR) is 87.3 cm³/mol. The van der Waals surface area contributed by atoms with E-state index in [-0.39, 0.29) is 12.4 Å². The van der Waals surface area contributed by atoms with E-state index in [0.717, 1.165) is 0 Å². The lowest BCUT2D eigenvalue weighted by Crippen LogP contribution is -2.50. The molecule has 2 atom stereocenters. The number of rotatable bonds is 7. The molecule has 0 spiro atoms. The molecule has 8 nitrogen and oxygen atoms in total. The highest BCUT2D eigenvalue weighted by molar-refractivity contribution is 6.07. The molecule has 0 saturated carbocycles. The second kappa shape index (κ2) is 6.79. The van der Waals surface area contributed by atoms with E-state index in [4.69, 9.17) is 15.0 Å². The summed E-state index contributed by atoms with van der Waals surface area (Å²) in [6.45, 7) is 4.58. The lowest BCUT2D eigenvalue weighted by molar-refractivity contribution is -0.156. The third kappa shape index (κ3) is 3.13. The van der Waals surface area contributed by atoms with Crippen LogP contribution < -0.4 is 11.1 Å². The quantitative estimate of drug-likeness (QED) is 0.581. The summed E-state index contributed by atoms with van der Waals surface area (Å²) in [6, 6.07) is 4.77. The number of hydrogen-bond acceptors (Lipinski definition) is 7. The predicted octanol–water partition coefficient (Wildman–Crippen LogP) is 1.55. The number of aldehydes is 1. The number of hydrogen-bond donors (Lipinski definition) is 2. The van der Waals surface area contributed by atoms with Crippen LogP contribution in [0, 0.1) is 5.92 Å². The molecule has 1 unspecified atom stereocenters. The van der Waals surface area contributed by atoms with Crippen LogP contribution in [0.25, 0.3) is 11.0 Å². The van der Waals surface area contributed by atoms with E-state index in [0.29, 0.717) is 22.9 Å². The summed E-state index contributed by atoms with van der Waals surface area (Å²) in [5, 5.41) is 6.82. The molecule has 0 radical (unpaired) electrons. The first-order valence-corrected chi connectivity index (χ1v) is 7.39. The van der Waals surface area contributed by atoms with Gasteiger partial charge in [0.05, 0.1) is 5.39 Å². The van der Waals surface area contributed by atoms with Gasteiger partial charge in [0.2, 0.25) is 5.91 Å². The fourth-order valence-electron chi connectivity index (χ4n) is 2.41. The van der Waals surface area contributed by atoms with Gasteiger partial charge >= 0.3 is 0 Å². The maximum absolute atomic E-state index is 12.5. The van der Waals surface area contributed by atoms with E-state index in [1.165, 1.54) is 19.9 Å². The molecule has 0 aliphatic carbocycles. The van der Waals surface area contributed by atoms with Crippen LogP contribution in [0.5, 0.6) is 0 Å². The van der Waals surface area contributed by atoms with Gasteiger partial charge in [-0.15, -0.1) is 0 Å². The zero-order chi connectivity index (χ0) is 17.9. The summed E-state index contributed by atoms with van der Waals surface area (Å²) in [5.74, 6) is -2.10. The molecule has 0 aliphatic rings. The monoisotopic (exact) mass is 333 g/mol. The van der Waals surface area contributed by atoms with Crippen molar-refractivity contribution in [2.24, 2.45) is 5.92 Å². The Morgan fingerprint density at radius 1 is 1.50 bits per heavy atom. The Labute approximate surface area is 138 Å². The van der Waals surface area contributed by atoms with Crippen molar-refractivity contribution in [3.63, 3.8) is 0 Å². The van der Waals surface area contributed by atoms with Gasteiger partial charge in [-0.3, -0.25) is 9.59 Å². The highest BCUT2D eigenvalue weighted by Gasteiger charge is 2.44. The smallest absolute Gasteiger partial charge is 0.238 e. The topological polar surface area (TPSA) is 125 Å². The Bertz CT molecular complexity index is 785. The van der Waals surface area contributed by atoms with Crippen LogP contribution in [0.3, 0.4) is 0 Å². The van der Waals surface area contributed by atoms with Crippen molar-refractivity contribution < 1.29 is 23.6 Å². The molecule has 2 aromatic rings. The number of fused-ring (bicyclic) bond motifs is 1. The molecule has 0 saturated heterocycles. The number of nitrogens with zero attached hydrogens (tertiary/aromatic N) is 1. The van der Waals surface area contributed by atoms with E-state index in [1.54, 1.807) is 19.1 Å². The van der Waals surface area contributed by atoms with Crippen LogP contribution in [0.4, 0.5) is 11.5 Å². The van der Waals surface area contributed by atoms with Gasteiger partial charge in [0.15, 0.2) is 17.2 Å². The van der Waals surface area contributed by atoms with Crippen molar-refractivity contribution in [1.29, 1.82) is 0 Å². The molecule has 0 aliphatic heterocycles. The number of aromatic nitrogens is 1. The van der Waals surface area contributed by atoms with Crippen molar-refractivity contribution in [3.8, 4) is 0 Å². The third-order valence-corrected chi connectivity index (χ3v) is 3.92. The lowest BCUT2D eigenvalue weighted by Gasteiger charge is -2.31. The molecule has 0 bridgehead atoms. The molecule has 0 fully saturated rings. The maximum Gasteiger partial charge on any atom is 0.238 e. The molecule has 1 aromatic heterocycles. The molecule has 1 aromatic carbocycles. The first-order valence-electron chi connectivity index (χ1n) is 7.39. The average Bonchev–Trinajstić information content (AvgIpc) is 2.89. The van der Waals surface area contributed by atoms with Crippen LogP contribution in [-0.2, 0) is 19.1 Å². The summed E-state index contributed by atoms with van der Waals surface area (Å²) in [5.41, 5.74) is 4.88. The number of carbonyl (C=O) groups excluding carboxylic acids is 3. The average molecular weight is 333 g/mol. The Morgan fingerprint density at radius 3 is 2.79 bits per heavy atom. The van der Waals surface area contributed by atoms with E-state index >= 15 is 0 Å². The van der Waals surface area contributed by atoms with Crippen LogP contribution in [0.2, 0.25) is 0 Å². The zero-order valence-electron chi connectivity index (χ0n) is 13.7. The van der Waals surface area contributed by atoms with Crippen molar-refractivity contribution in [1.82, 2.24) is 5.16 Å². The number of anilines is 2. The first kappa shape index (κ1) is 17.6. The molecule has 1 heterocycles. The van der Waals surface area contributed by atoms with Crippen molar-refractivity contribution in [3.05, 3.63) is 18.2 Å². The fourth-order valence-corrected chi connectivity index (χ4v) is 2.41. The van der Waals surface area contributed by atoms with Crippen LogP contribution >= 0.6 is 0 Å². The summed E-state index contributed by atoms with van der Waals surface area (Å²) in [4.78, 5) is 35.8. The molecule has 2 rings (SSSR count). The number of nitrogens with one attached hydrogen (secondary N) is 1. The maximum atomic E-state index is 12.5. The molecule has 3 N–H and O–H groups in total. The Morgan fingerprint density at radius 2 is 2.21 bits per heavy atom. The van der Waals surface area contributed by atoms with Crippen LogP contribution in [0.1, 0.15) is 20.8 Å². The summed E-state index contributed by atoms with van der Waals surface area (Å²) < 4.78 is 10.4. The molecule has 24 heavy (non-hydrogen) atoms. The number of carbonyl (C=O) groups is 3. The third-order valence-electron chi connectivity index (χ3n) is 3.92. The van der Waals surface area contributed by atoms with Gasteiger partial charge < -0.3 is 25.1 Å². The fraction of sp³-hybridized carbons (Fsp3) is 0.375. The SMILES string of the molecule is CCOC(C)(C(C)=O)[C@@H](C=O)C(=O)Nc1ccc2c(N)noc2c1. The number of benzene rings is 1. The summed E-state index contributed by atoms with van der Waals surface area (Å²) in [6.07, 6.45) is 0.414. The normalized spacial score (nSPS) is 14.8. The highest BCUT2D eigenvalue weighted by atomic mass is 16.5.